The van der Waals surface area contributed by atoms with E-state index in [0.717, 1.165) is 0 Å². The second kappa shape index (κ2) is 8.07. The molecule has 0 bridgehead atoms. The van der Waals surface area contributed by atoms with Crippen LogP contribution in [0.15, 0.2) is 47.4 Å². The van der Waals surface area contributed by atoms with Crippen molar-refractivity contribution in [3.8, 4) is 11.5 Å². The molecule has 9 heteroatoms. The maximum absolute atomic E-state index is 11.9. The standard InChI is InChI=1S/C17H22N4O4S/c1-11(2)21-17(22)20-10-12-3-8-15(16(9-12)26(19,23)24)25-14-6-4-13(18)5-7-14/h3-9,11H,10,18H2,1-2H3,(H2,19,23,24)(H2,20,21,22). The van der Waals surface area contributed by atoms with E-state index in [0.29, 0.717) is 17.0 Å². The molecule has 0 aromatic heterocycles. The van der Waals surface area contributed by atoms with Crippen LogP contribution in [-0.2, 0) is 16.6 Å². The molecule has 6 N–H and O–H groups in total. The lowest BCUT2D eigenvalue weighted by Crippen LogP contribution is -2.39. The number of hydrogen-bond acceptors (Lipinski definition) is 5. The molecule has 0 radical (unpaired) electrons. The Bertz CT molecular complexity index is 880. The molecule has 2 aromatic carbocycles. The first-order chi connectivity index (χ1) is 12.1. The van der Waals surface area contributed by atoms with E-state index < -0.39 is 10.0 Å². The molecule has 0 saturated carbocycles. The fourth-order valence-corrected chi connectivity index (χ4v) is 2.83. The van der Waals surface area contributed by atoms with E-state index in [9.17, 15) is 13.2 Å². The number of nitrogens with one attached hydrogen (secondary N) is 2. The normalized spacial score (nSPS) is 11.2. The van der Waals surface area contributed by atoms with E-state index in [2.05, 4.69) is 10.6 Å². The summed E-state index contributed by atoms with van der Waals surface area (Å²) in [5, 5.41) is 10.6. The molecule has 8 nitrogen and oxygen atoms in total. The number of anilines is 1. The monoisotopic (exact) mass is 378 g/mol. The summed E-state index contributed by atoms with van der Waals surface area (Å²) >= 11 is 0. The van der Waals surface area contributed by atoms with E-state index in [1.165, 1.54) is 12.1 Å². The lowest BCUT2D eigenvalue weighted by Gasteiger charge is -2.13. The van der Waals surface area contributed by atoms with Gasteiger partial charge in [-0.2, -0.15) is 0 Å². The van der Waals surface area contributed by atoms with Gasteiger partial charge in [-0.3, -0.25) is 0 Å². The lowest BCUT2D eigenvalue weighted by atomic mass is 10.2. The van der Waals surface area contributed by atoms with Gasteiger partial charge in [-0.25, -0.2) is 18.4 Å². The number of ether oxygens (including phenoxy) is 1. The van der Waals surface area contributed by atoms with Crippen molar-refractivity contribution in [1.82, 2.24) is 10.6 Å². The number of carbonyl (C=O) groups excluding carboxylic acids is 1. The van der Waals surface area contributed by atoms with Crippen LogP contribution >= 0.6 is 0 Å². The SMILES string of the molecule is CC(C)NC(=O)NCc1ccc(Oc2ccc(N)cc2)c(S(N)(=O)=O)c1. The van der Waals surface area contributed by atoms with Gasteiger partial charge in [0.05, 0.1) is 0 Å². The number of nitrogens with two attached hydrogens (primary N) is 2. The average molecular weight is 378 g/mol. The second-order valence-electron chi connectivity index (χ2n) is 5.98. The van der Waals surface area contributed by atoms with Crippen molar-refractivity contribution in [2.75, 3.05) is 5.73 Å². The number of benzene rings is 2. The molecular weight excluding hydrogens is 356 g/mol. The third-order valence-electron chi connectivity index (χ3n) is 3.30. The van der Waals surface area contributed by atoms with Crippen molar-refractivity contribution < 1.29 is 17.9 Å². The number of sulfonamides is 1. The highest BCUT2D eigenvalue weighted by Crippen LogP contribution is 2.29. The van der Waals surface area contributed by atoms with Crippen LogP contribution in [0.25, 0.3) is 0 Å². The molecule has 0 aliphatic carbocycles. The van der Waals surface area contributed by atoms with Crippen molar-refractivity contribution >= 4 is 21.7 Å². The first kappa shape index (κ1) is 19.5. The second-order valence-corrected chi connectivity index (χ2v) is 7.51. The van der Waals surface area contributed by atoms with Gasteiger partial charge in [0.25, 0.3) is 0 Å². The van der Waals surface area contributed by atoms with Crippen molar-refractivity contribution in [1.29, 1.82) is 0 Å². The van der Waals surface area contributed by atoms with E-state index in [-0.39, 0.29) is 29.3 Å². The number of amides is 2. The molecule has 140 valence electrons. The van der Waals surface area contributed by atoms with Crippen LogP contribution in [0.4, 0.5) is 10.5 Å². The van der Waals surface area contributed by atoms with E-state index in [1.54, 1.807) is 30.3 Å². The summed E-state index contributed by atoms with van der Waals surface area (Å²) < 4.78 is 29.4. The van der Waals surface area contributed by atoms with Crippen molar-refractivity contribution in [2.45, 2.75) is 31.3 Å². The summed E-state index contributed by atoms with van der Waals surface area (Å²) in [5.74, 6) is 0.513. The Morgan fingerprint density at radius 2 is 1.81 bits per heavy atom. The smallest absolute Gasteiger partial charge is 0.315 e. The quantitative estimate of drug-likeness (QED) is 0.569. The van der Waals surface area contributed by atoms with E-state index in [4.69, 9.17) is 15.6 Å². The highest BCUT2D eigenvalue weighted by Gasteiger charge is 2.17. The van der Waals surface area contributed by atoms with E-state index >= 15 is 0 Å². The third kappa shape index (κ3) is 5.64. The molecule has 0 unspecified atom stereocenters. The Morgan fingerprint density at radius 3 is 2.38 bits per heavy atom. The van der Waals surface area contributed by atoms with Crippen LogP contribution < -0.4 is 26.2 Å². The minimum atomic E-state index is -4.02. The summed E-state index contributed by atoms with van der Waals surface area (Å²) in [4.78, 5) is 11.5. The number of hydrogen-bond donors (Lipinski definition) is 4. The molecule has 0 atom stereocenters. The molecule has 0 fully saturated rings. The Morgan fingerprint density at radius 1 is 1.15 bits per heavy atom. The van der Waals surface area contributed by atoms with Gasteiger partial charge in [-0.15, -0.1) is 0 Å². The molecule has 26 heavy (non-hydrogen) atoms. The van der Waals surface area contributed by atoms with Crippen LogP contribution in [0.5, 0.6) is 11.5 Å². The van der Waals surface area contributed by atoms with Gasteiger partial charge in [0, 0.05) is 18.3 Å². The van der Waals surface area contributed by atoms with Gasteiger partial charge >= 0.3 is 6.03 Å². The van der Waals surface area contributed by atoms with Crippen molar-refractivity contribution in [2.24, 2.45) is 5.14 Å². The average Bonchev–Trinajstić information content (AvgIpc) is 2.54. The lowest BCUT2D eigenvalue weighted by molar-refractivity contribution is 0.238. The molecule has 0 aliphatic rings. The molecule has 2 amide bonds. The number of primary sulfonamides is 1. The Labute approximate surface area is 152 Å². The van der Waals surface area contributed by atoms with Gasteiger partial charge < -0.3 is 21.1 Å². The number of urea groups is 1. The largest absolute Gasteiger partial charge is 0.456 e. The zero-order valence-corrected chi connectivity index (χ0v) is 15.3. The predicted octanol–water partition coefficient (Wildman–Crippen LogP) is 1.92. The number of rotatable bonds is 6. The Kier molecular flexibility index (Phi) is 6.06. The molecule has 0 spiro atoms. The van der Waals surface area contributed by atoms with E-state index in [1.807, 2.05) is 13.8 Å². The number of carbonyl (C=O) groups is 1. The summed E-state index contributed by atoms with van der Waals surface area (Å²) in [5.41, 5.74) is 6.74. The maximum atomic E-state index is 11.9. The highest BCUT2D eigenvalue weighted by atomic mass is 32.2. The topological polar surface area (TPSA) is 137 Å². The van der Waals surface area contributed by atoms with Crippen LogP contribution in [0.2, 0.25) is 0 Å². The molecule has 0 aliphatic heterocycles. The first-order valence-corrected chi connectivity index (χ1v) is 9.43. The van der Waals surface area contributed by atoms with Gasteiger partial charge in [0.2, 0.25) is 10.0 Å². The third-order valence-corrected chi connectivity index (χ3v) is 4.23. The molecule has 2 rings (SSSR count). The van der Waals surface area contributed by atoms with Crippen LogP contribution in [0.3, 0.4) is 0 Å². The Hall–Kier alpha value is -2.78. The van der Waals surface area contributed by atoms with Gasteiger partial charge in [0.1, 0.15) is 16.4 Å². The first-order valence-electron chi connectivity index (χ1n) is 7.88. The predicted molar refractivity (Wildman–Crippen MR) is 99.3 cm³/mol. The van der Waals surface area contributed by atoms with Crippen LogP contribution in [-0.4, -0.2) is 20.5 Å². The molecular formula is C17H22N4O4S. The van der Waals surface area contributed by atoms with Crippen molar-refractivity contribution in [3.63, 3.8) is 0 Å². The zero-order valence-electron chi connectivity index (χ0n) is 14.5. The fraction of sp³-hybridized carbons (Fsp3) is 0.235. The summed E-state index contributed by atoms with van der Waals surface area (Å²) in [6.45, 7) is 3.81. The zero-order chi connectivity index (χ0) is 19.3. The molecule has 2 aromatic rings. The molecule has 0 heterocycles. The highest BCUT2D eigenvalue weighted by molar-refractivity contribution is 7.89. The minimum Gasteiger partial charge on any atom is -0.456 e. The summed E-state index contributed by atoms with van der Waals surface area (Å²) in [7, 11) is -4.02. The van der Waals surface area contributed by atoms with Crippen LogP contribution in [0.1, 0.15) is 19.4 Å². The summed E-state index contributed by atoms with van der Waals surface area (Å²) in [6, 6.07) is 10.7. The minimum absolute atomic E-state index is 0.00864. The van der Waals surface area contributed by atoms with Crippen LogP contribution in [0, 0.1) is 0 Å². The van der Waals surface area contributed by atoms with Gasteiger partial charge in [-0.1, -0.05) is 6.07 Å². The Balaban J connectivity index is 2.22. The van der Waals surface area contributed by atoms with Gasteiger partial charge in [-0.05, 0) is 55.8 Å². The molecule has 0 saturated heterocycles. The number of nitrogen functional groups attached to an aromatic ring is 1. The van der Waals surface area contributed by atoms with Gasteiger partial charge in [0.15, 0.2) is 0 Å². The maximum Gasteiger partial charge on any atom is 0.315 e. The fourth-order valence-electron chi connectivity index (χ4n) is 2.13. The summed E-state index contributed by atoms with van der Waals surface area (Å²) in [6.07, 6.45) is 0. The van der Waals surface area contributed by atoms with Crippen molar-refractivity contribution in [3.05, 3.63) is 48.0 Å².